The number of likely N-dealkylation sites (N-methyl/N-ethyl adjacent to an activating group) is 1. The van der Waals surface area contributed by atoms with E-state index in [9.17, 15) is 15.0 Å². The van der Waals surface area contributed by atoms with Gasteiger partial charge in [0.1, 0.15) is 0 Å². The second kappa shape index (κ2) is 6.58. The van der Waals surface area contributed by atoms with Crippen LogP contribution in [-0.2, 0) is 12.5 Å². The number of aromatic amines is 1. The van der Waals surface area contributed by atoms with Gasteiger partial charge >= 0.3 is 0 Å². The molecule has 0 bridgehead atoms. The second-order valence-electron chi connectivity index (χ2n) is 9.52. The molecule has 3 N–H and O–H groups in total. The lowest BCUT2D eigenvalue weighted by molar-refractivity contribution is -0.0952. The zero-order valence-corrected chi connectivity index (χ0v) is 18.5. The summed E-state index contributed by atoms with van der Waals surface area (Å²) in [6.45, 7) is 6.18. The molecule has 2 aromatic carbocycles. The van der Waals surface area contributed by atoms with Gasteiger partial charge in [-0.3, -0.25) is 14.6 Å². The normalized spacial score (nSPS) is 28.2. The summed E-state index contributed by atoms with van der Waals surface area (Å²) >= 11 is 0. The number of aromatic nitrogens is 2. The monoisotopic (exact) mass is 419 g/mol. The van der Waals surface area contributed by atoms with Gasteiger partial charge in [-0.2, -0.15) is 0 Å². The number of H-pyrrole nitrogens is 1. The van der Waals surface area contributed by atoms with Crippen molar-refractivity contribution < 1.29 is 10.2 Å². The molecule has 2 unspecified atom stereocenters. The van der Waals surface area contributed by atoms with Gasteiger partial charge in [-0.25, -0.2) is 0 Å². The first kappa shape index (κ1) is 20.1. The van der Waals surface area contributed by atoms with Crippen LogP contribution in [0.25, 0.3) is 10.8 Å². The van der Waals surface area contributed by atoms with Crippen molar-refractivity contribution in [3.8, 4) is 0 Å². The number of rotatable bonds is 2. The molecule has 1 aromatic heterocycles. The van der Waals surface area contributed by atoms with E-state index in [1.54, 1.807) is 14.0 Å². The number of nitrogens with one attached hydrogen (secondary N) is 1. The molecule has 162 valence electrons. The highest BCUT2D eigenvalue weighted by Crippen LogP contribution is 2.52. The molecule has 0 radical (unpaired) electrons. The van der Waals surface area contributed by atoms with E-state index in [4.69, 9.17) is 0 Å². The van der Waals surface area contributed by atoms with Gasteiger partial charge in [0, 0.05) is 54.0 Å². The minimum Gasteiger partial charge on any atom is -0.392 e. The first-order valence-corrected chi connectivity index (χ1v) is 10.7. The number of benzene rings is 2. The van der Waals surface area contributed by atoms with E-state index in [1.807, 2.05) is 19.2 Å². The third-order valence-corrected chi connectivity index (χ3v) is 7.38. The minimum atomic E-state index is -0.811. The first-order chi connectivity index (χ1) is 14.6. The SMILES string of the molecule is Cc1[nH]n(C)c(=O)c1C1C(O)C(C=C2N(C)c3ccc4ccccc4c3C2(C)C)C1O. The number of hydrogen-bond donors (Lipinski definition) is 3. The predicted molar refractivity (Wildman–Crippen MR) is 122 cm³/mol. The Bertz CT molecular complexity index is 1270. The van der Waals surface area contributed by atoms with Crippen LogP contribution < -0.4 is 10.5 Å². The average molecular weight is 420 g/mol. The van der Waals surface area contributed by atoms with Crippen molar-refractivity contribution in [1.82, 2.24) is 9.78 Å². The Morgan fingerprint density at radius 2 is 1.74 bits per heavy atom. The fourth-order valence-electron chi connectivity index (χ4n) is 5.75. The van der Waals surface area contributed by atoms with Crippen LogP contribution in [0.1, 0.15) is 36.6 Å². The molecule has 5 rings (SSSR count). The van der Waals surface area contributed by atoms with E-state index in [1.165, 1.54) is 21.0 Å². The molecule has 31 heavy (non-hydrogen) atoms. The maximum atomic E-state index is 12.5. The van der Waals surface area contributed by atoms with Gasteiger partial charge in [-0.1, -0.05) is 50.3 Å². The Labute approximate surface area is 181 Å². The summed E-state index contributed by atoms with van der Waals surface area (Å²) in [5.74, 6) is -1.01. The van der Waals surface area contributed by atoms with Gasteiger partial charge in [0.25, 0.3) is 5.56 Å². The number of nitrogens with zero attached hydrogens (tertiary/aromatic N) is 2. The maximum absolute atomic E-state index is 12.5. The van der Waals surface area contributed by atoms with Gasteiger partial charge in [0.05, 0.1) is 12.2 Å². The van der Waals surface area contributed by atoms with Crippen LogP contribution in [0.2, 0.25) is 0 Å². The zero-order valence-electron chi connectivity index (χ0n) is 18.5. The molecule has 0 saturated heterocycles. The molecular weight excluding hydrogens is 390 g/mol. The van der Waals surface area contributed by atoms with Crippen LogP contribution in [0.15, 0.2) is 53.0 Å². The smallest absolute Gasteiger partial charge is 0.270 e. The second-order valence-corrected chi connectivity index (χ2v) is 9.52. The molecule has 6 heteroatoms. The zero-order chi connectivity index (χ0) is 22.2. The lowest BCUT2D eigenvalue weighted by Crippen LogP contribution is -2.54. The minimum absolute atomic E-state index is 0.191. The van der Waals surface area contributed by atoms with Gasteiger partial charge in [0.15, 0.2) is 0 Å². The molecule has 1 aliphatic carbocycles. The molecule has 1 fully saturated rings. The lowest BCUT2D eigenvalue weighted by Gasteiger charge is -2.45. The van der Waals surface area contributed by atoms with E-state index in [-0.39, 0.29) is 11.0 Å². The molecule has 2 atom stereocenters. The van der Waals surface area contributed by atoms with Crippen molar-refractivity contribution in [1.29, 1.82) is 0 Å². The summed E-state index contributed by atoms with van der Waals surface area (Å²) in [6.07, 6.45) is 0.385. The van der Waals surface area contributed by atoms with E-state index < -0.39 is 24.0 Å². The summed E-state index contributed by atoms with van der Waals surface area (Å²) in [7, 11) is 3.68. The number of allylic oxidation sites excluding steroid dienone is 1. The maximum Gasteiger partial charge on any atom is 0.270 e. The Kier molecular flexibility index (Phi) is 4.27. The summed E-state index contributed by atoms with van der Waals surface area (Å²) in [4.78, 5) is 14.6. The fourth-order valence-corrected chi connectivity index (χ4v) is 5.75. The highest BCUT2D eigenvalue weighted by molar-refractivity contribution is 5.94. The van der Waals surface area contributed by atoms with Crippen LogP contribution in [0.5, 0.6) is 0 Å². The fraction of sp³-hybridized carbons (Fsp3) is 0.400. The summed E-state index contributed by atoms with van der Waals surface area (Å²) in [5, 5.41) is 27.3. The van der Waals surface area contributed by atoms with Gasteiger partial charge in [-0.15, -0.1) is 0 Å². The topological polar surface area (TPSA) is 81.5 Å². The highest BCUT2D eigenvalue weighted by Gasteiger charge is 2.52. The lowest BCUT2D eigenvalue weighted by atomic mass is 9.64. The number of aliphatic hydroxyl groups excluding tert-OH is 2. The van der Waals surface area contributed by atoms with Gasteiger partial charge in [-0.05, 0) is 29.3 Å². The van der Waals surface area contributed by atoms with Crippen molar-refractivity contribution in [2.45, 2.75) is 44.3 Å². The molecule has 1 aliphatic heterocycles. The van der Waals surface area contributed by atoms with E-state index in [2.05, 4.69) is 54.2 Å². The van der Waals surface area contributed by atoms with Gasteiger partial charge in [0.2, 0.25) is 0 Å². The van der Waals surface area contributed by atoms with E-state index in [0.717, 1.165) is 11.4 Å². The summed E-state index contributed by atoms with van der Waals surface area (Å²) < 4.78 is 1.39. The van der Waals surface area contributed by atoms with E-state index in [0.29, 0.717) is 11.3 Å². The van der Waals surface area contributed by atoms with Crippen LogP contribution >= 0.6 is 0 Å². The number of aryl methyl sites for hydroxylation is 2. The molecule has 2 aliphatic rings. The summed E-state index contributed by atoms with van der Waals surface area (Å²) in [5.41, 5.74) is 4.15. The Hall–Kier alpha value is -2.83. The van der Waals surface area contributed by atoms with Crippen LogP contribution in [0.3, 0.4) is 0 Å². The quantitative estimate of drug-likeness (QED) is 0.597. The third-order valence-electron chi connectivity index (χ3n) is 7.38. The van der Waals surface area contributed by atoms with Crippen molar-refractivity contribution in [2.75, 3.05) is 11.9 Å². The third kappa shape index (κ3) is 2.61. The first-order valence-electron chi connectivity index (χ1n) is 10.7. The van der Waals surface area contributed by atoms with Crippen molar-refractivity contribution in [2.24, 2.45) is 13.0 Å². The number of fused-ring (bicyclic) bond motifs is 3. The standard InChI is InChI=1S/C25H29N3O3/c1-13-19(24(31)28(5)26-13)20-22(29)16(23(20)30)12-18-25(2,3)21-15-9-7-6-8-14(15)10-11-17(21)27(18)4/h6-12,16,20,22-23,26,29-30H,1-5H3. The molecular formula is C25H29N3O3. The van der Waals surface area contributed by atoms with Crippen molar-refractivity contribution in [3.63, 3.8) is 0 Å². The summed E-state index contributed by atoms with van der Waals surface area (Å²) in [6, 6.07) is 12.7. The van der Waals surface area contributed by atoms with Crippen molar-refractivity contribution in [3.05, 3.63) is 75.3 Å². The Morgan fingerprint density at radius 3 is 2.39 bits per heavy atom. The molecule has 0 amide bonds. The number of anilines is 1. The molecule has 6 nitrogen and oxygen atoms in total. The molecule has 1 saturated carbocycles. The molecule has 0 spiro atoms. The highest BCUT2D eigenvalue weighted by atomic mass is 16.3. The van der Waals surface area contributed by atoms with Crippen LogP contribution in [0.4, 0.5) is 5.69 Å². The number of hydrogen-bond acceptors (Lipinski definition) is 4. The largest absolute Gasteiger partial charge is 0.392 e. The molecule has 2 heterocycles. The van der Waals surface area contributed by atoms with Crippen molar-refractivity contribution >= 4 is 16.5 Å². The molecule has 3 aromatic rings. The van der Waals surface area contributed by atoms with Gasteiger partial charge < -0.3 is 15.1 Å². The number of aliphatic hydroxyl groups is 2. The average Bonchev–Trinajstić information content (AvgIpc) is 3.10. The predicted octanol–water partition coefficient (Wildman–Crippen LogP) is 2.92. The Morgan fingerprint density at radius 1 is 1.06 bits per heavy atom. The van der Waals surface area contributed by atoms with E-state index >= 15 is 0 Å². The Balaban J connectivity index is 1.54. The van der Waals surface area contributed by atoms with Crippen LogP contribution in [0, 0.1) is 12.8 Å². The van der Waals surface area contributed by atoms with Crippen LogP contribution in [-0.4, -0.2) is 39.2 Å².